The van der Waals surface area contributed by atoms with Crippen molar-refractivity contribution in [3.05, 3.63) is 0 Å². The Kier molecular flexibility index (Phi) is 2.42. The Morgan fingerprint density at radius 3 is 2.50 bits per heavy atom. The zero-order valence-electron chi connectivity index (χ0n) is 8.13. The quantitative estimate of drug-likeness (QED) is 0.679. The Balaban J connectivity index is 2.52. The molecule has 0 spiro atoms. The van der Waals surface area contributed by atoms with Gasteiger partial charge in [-0.15, -0.1) is 0 Å². The molecule has 3 nitrogen and oxygen atoms in total. The van der Waals surface area contributed by atoms with Crippen LogP contribution in [-0.2, 0) is 4.79 Å². The third-order valence-corrected chi connectivity index (χ3v) is 2.79. The first kappa shape index (κ1) is 9.52. The molecule has 1 unspecified atom stereocenters. The first-order valence-electron chi connectivity index (χ1n) is 4.57. The lowest BCUT2D eigenvalue weighted by Gasteiger charge is -2.26. The van der Waals surface area contributed by atoms with Crippen LogP contribution in [0.15, 0.2) is 0 Å². The highest BCUT2D eigenvalue weighted by atomic mass is 16.2. The summed E-state index contributed by atoms with van der Waals surface area (Å²) < 4.78 is 0. The molecule has 1 aliphatic carbocycles. The lowest BCUT2D eigenvalue weighted by Crippen LogP contribution is -2.47. The van der Waals surface area contributed by atoms with Crippen molar-refractivity contribution in [2.45, 2.75) is 44.7 Å². The van der Waals surface area contributed by atoms with Crippen LogP contribution in [0.4, 0.5) is 0 Å². The van der Waals surface area contributed by atoms with E-state index in [2.05, 4.69) is 6.92 Å². The smallest absolute Gasteiger partial charge is 0.242 e. The lowest BCUT2D eigenvalue weighted by atomic mass is 10.2. The summed E-state index contributed by atoms with van der Waals surface area (Å²) in [6, 6.07) is 0.304. The van der Waals surface area contributed by atoms with Crippen LogP contribution in [0.25, 0.3) is 0 Å². The topological polar surface area (TPSA) is 46.3 Å². The highest BCUT2D eigenvalue weighted by molar-refractivity contribution is 5.89. The minimum absolute atomic E-state index is 0.108. The zero-order valence-corrected chi connectivity index (χ0v) is 8.13. The summed E-state index contributed by atoms with van der Waals surface area (Å²) in [6.07, 6.45) is 2.69. The molecular weight excluding hydrogens is 152 g/mol. The molecule has 1 saturated carbocycles. The van der Waals surface area contributed by atoms with Gasteiger partial charge in [0.25, 0.3) is 0 Å². The van der Waals surface area contributed by atoms with Gasteiger partial charge in [-0.05, 0) is 26.2 Å². The van der Waals surface area contributed by atoms with Gasteiger partial charge in [0.1, 0.15) is 0 Å². The highest BCUT2D eigenvalue weighted by Gasteiger charge is 2.47. The molecule has 0 radical (unpaired) electrons. The maximum absolute atomic E-state index is 11.6. The van der Waals surface area contributed by atoms with Gasteiger partial charge in [-0.1, -0.05) is 6.92 Å². The fourth-order valence-corrected chi connectivity index (χ4v) is 1.17. The number of carbonyl (C=O) groups excluding carboxylic acids is 1. The second kappa shape index (κ2) is 3.05. The summed E-state index contributed by atoms with van der Waals surface area (Å²) in [5, 5.41) is 0. The van der Waals surface area contributed by atoms with Gasteiger partial charge in [-0.3, -0.25) is 4.79 Å². The van der Waals surface area contributed by atoms with Crippen LogP contribution in [-0.4, -0.2) is 29.4 Å². The molecule has 0 saturated heterocycles. The number of amides is 1. The predicted octanol–water partition coefficient (Wildman–Crippen LogP) is 0.735. The molecule has 12 heavy (non-hydrogen) atoms. The summed E-state index contributed by atoms with van der Waals surface area (Å²) in [6.45, 7) is 4.12. The van der Waals surface area contributed by atoms with Crippen LogP contribution in [0.2, 0.25) is 0 Å². The van der Waals surface area contributed by atoms with Crippen LogP contribution in [0, 0.1) is 0 Å². The molecule has 0 aromatic rings. The Hall–Kier alpha value is -0.570. The molecule has 70 valence electrons. The third-order valence-electron chi connectivity index (χ3n) is 2.79. The molecule has 1 fully saturated rings. The molecule has 1 aliphatic rings. The average molecular weight is 170 g/mol. The Labute approximate surface area is 73.9 Å². The van der Waals surface area contributed by atoms with E-state index in [4.69, 9.17) is 5.73 Å². The van der Waals surface area contributed by atoms with Gasteiger partial charge in [0.2, 0.25) is 5.91 Å². The largest absolute Gasteiger partial charge is 0.341 e. The monoisotopic (exact) mass is 170 g/mol. The fraction of sp³-hybridized carbons (Fsp3) is 0.889. The molecule has 1 rings (SSSR count). The van der Waals surface area contributed by atoms with Gasteiger partial charge in [0.05, 0.1) is 5.54 Å². The first-order chi connectivity index (χ1) is 5.51. The van der Waals surface area contributed by atoms with Gasteiger partial charge < -0.3 is 10.6 Å². The van der Waals surface area contributed by atoms with Gasteiger partial charge >= 0.3 is 0 Å². The number of nitrogens with zero attached hydrogens (tertiary/aromatic N) is 1. The minimum atomic E-state index is -0.502. The maximum atomic E-state index is 11.6. The van der Waals surface area contributed by atoms with Crippen molar-refractivity contribution in [1.29, 1.82) is 0 Å². The molecule has 0 aromatic heterocycles. The fourth-order valence-electron chi connectivity index (χ4n) is 1.17. The molecule has 0 aromatic carbocycles. The Bertz CT molecular complexity index is 187. The molecule has 1 amide bonds. The molecule has 0 bridgehead atoms. The first-order valence-corrected chi connectivity index (χ1v) is 4.57. The second-order valence-corrected chi connectivity index (χ2v) is 3.83. The molecule has 2 N–H and O–H groups in total. The molecule has 0 heterocycles. The summed E-state index contributed by atoms with van der Waals surface area (Å²) in [5.74, 6) is 0.108. The standard InChI is InChI=1S/C9H18N2O/c1-4-7(2)11(3)8(12)9(10)5-6-9/h7H,4-6,10H2,1-3H3. The molecule has 0 aliphatic heterocycles. The second-order valence-electron chi connectivity index (χ2n) is 3.83. The summed E-state index contributed by atoms with van der Waals surface area (Å²) in [5.41, 5.74) is 5.29. The van der Waals surface area contributed by atoms with Gasteiger partial charge in [0.15, 0.2) is 0 Å². The van der Waals surface area contributed by atoms with E-state index >= 15 is 0 Å². The van der Waals surface area contributed by atoms with E-state index in [-0.39, 0.29) is 5.91 Å². The van der Waals surface area contributed by atoms with E-state index in [1.807, 2.05) is 14.0 Å². The van der Waals surface area contributed by atoms with E-state index in [1.54, 1.807) is 4.90 Å². The maximum Gasteiger partial charge on any atom is 0.242 e. The lowest BCUT2D eigenvalue weighted by molar-refractivity contribution is -0.134. The summed E-state index contributed by atoms with van der Waals surface area (Å²) >= 11 is 0. The van der Waals surface area contributed by atoms with Crippen molar-refractivity contribution < 1.29 is 4.79 Å². The Morgan fingerprint density at radius 1 is 1.67 bits per heavy atom. The number of likely N-dealkylation sites (N-methyl/N-ethyl adjacent to an activating group) is 1. The predicted molar refractivity (Wildman–Crippen MR) is 48.7 cm³/mol. The highest BCUT2D eigenvalue weighted by Crippen LogP contribution is 2.34. The van der Waals surface area contributed by atoms with Crippen LogP contribution in [0.5, 0.6) is 0 Å². The zero-order chi connectivity index (χ0) is 9.35. The van der Waals surface area contributed by atoms with Crippen molar-refractivity contribution in [2.24, 2.45) is 5.73 Å². The summed E-state index contributed by atoms with van der Waals surface area (Å²) in [7, 11) is 1.84. The van der Waals surface area contributed by atoms with E-state index in [0.717, 1.165) is 19.3 Å². The van der Waals surface area contributed by atoms with E-state index in [1.165, 1.54) is 0 Å². The average Bonchev–Trinajstić information content (AvgIpc) is 2.81. The van der Waals surface area contributed by atoms with Crippen LogP contribution < -0.4 is 5.73 Å². The number of rotatable bonds is 3. The Morgan fingerprint density at radius 2 is 2.17 bits per heavy atom. The van der Waals surface area contributed by atoms with E-state index < -0.39 is 5.54 Å². The minimum Gasteiger partial charge on any atom is -0.341 e. The molecule has 3 heteroatoms. The van der Waals surface area contributed by atoms with Gasteiger partial charge in [0, 0.05) is 13.1 Å². The SMILES string of the molecule is CCC(C)N(C)C(=O)C1(N)CC1. The van der Waals surface area contributed by atoms with E-state index in [0.29, 0.717) is 6.04 Å². The van der Waals surface area contributed by atoms with Crippen molar-refractivity contribution in [3.8, 4) is 0 Å². The van der Waals surface area contributed by atoms with Crippen molar-refractivity contribution in [1.82, 2.24) is 4.90 Å². The number of nitrogens with two attached hydrogens (primary N) is 1. The number of hydrogen-bond acceptors (Lipinski definition) is 2. The third kappa shape index (κ3) is 1.61. The van der Waals surface area contributed by atoms with Crippen molar-refractivity contribution >= 4 is 5.91 Å². The summed E-state index contributed by atoms with van der Waals surface area (Å²) in [4.78, 5) is 13.4. The molecular formula is C9H18N2O. The normalized spacial score (nSPS) is 21.7. The van der Waals surface area contributed by atoms with Crippen LogP contribution >= 0.6 is 0 Å². The van der Waals surface area contributed by atoms with Crippen LogP contribution in [0.1, 0.15) is 33.1 Å². The van der Waals surface area contributed by atoms with Crippen molar-refractivity contribution in [3.63, 3.8) is 0 Å². The number of hydrogen-bond donors (Lipinski definition) is 1. The van der Waals surface area contributed by atoms with Crippen LogP contribution in [0.3, 0.4) is 0 Å². The molecule has 1 atom stereocenters. The number of carbonyl (C=O) groups is 1. The van der Waals surface area contributed by atoms with Crippen molar-refractivity contribution in [2.75, 3.05) is 7.05 Å². The van der Waals surface area contributed by atoms with E-state index in [9.17, 15) is 4.79 Å². The van der Waals surface area contributed by atoms with Gasteiger partial charge in [-0.25, -0.2) is 0 Å². The van der Waals surface area contributed by atoms with Gasteiger partial charge in [-0.2, -0.15) is 0 Å².